The van der Waals surface area contributed by atoms with Gasteiger partial charge >= 0.3 is 0 Å². The molecule has 3 nitrogen and oxygen atoms in total. The van der Waals surface area contributed by atoms with Crippen LogP contribution < -0.4 is 10.6 Å². The van der Waals surface area contributed by atoms with Crippen LogP contribution in [0.1, 0.15) is 11.1 Å². The number of rotatable bonds is 3. The summed E-state index contributed by atoms with van der Waals surface area (Å²) < 4.78 is 0. The number of nitrogen functional groups attached to an aromatic ring is 1. The van der Waals surface area contributed by atoms with Gasteiger partial charge < -0.3 is 10.6 Å². The van der Waals surface area contributed by atoms with Crippen LogP contribution in [0, 0.1) is 6.92 Å². The van der Waals surface area contributed by atoms with Crippen LogP contribution in [0.25, 0.3) is 0 Å². The van der Waals surface area contributed by atoms with Crippen LogP contribution in [0.4, 0.5) is 11.4 Å². The van der Waals surface area contributed by atoms with Crippen molar-refractivity contribution in [3.63, 3.8) is 0 Å². The summed E-state index contributed by atoms with van der Waals surface area (Å²) in [4.78, 5) is 4.97. The molecule has 1 aliphatic rings. The van der Waals surface area contributed by atoms with E-state index in [1.807, 2.05) is 12.1 Å². The molecule has 0 spiro atoms. The summed E-state index contributed by atoms with van der Waals surface area (Å²) in [5.74, 6) is 0. The molecule has 2 aromatic rings. The highest BCUT2D eigenvalue weighted by atomic mass is 15.3. The fourth-order valence-electron chi connectivity index (χ4n) is 2.97. The normalized spacial score (nSPS) is 16.1. The third-order valence-corrected chi connectivity index (χ3v) is 4.31. The molecule has 1 heterocycles. The van der Waals surface area contributed by atoms with E-state index in [0.29, 0.717) is 0 Å². The van der Waals surface area contributed by atoms with Crippen molar-refractivity contribution in [2.45, 2.75) is 13.5 Å². The van der Waals surface area contributed by atoms with E-state index in [1.54, 1.807) is 0 Å². The molecule has 21 heavy (non-hydrogen) atoms. The van der Waals surface area contributed by atoms with Gasteiger partial charge in [-0.05, 0) is 30.2 Å². The zero-order valence-corrected chi connectivity index (χ0v) is 12.6. The molecule has 0 atom stereocenters. The molecule has 0 radical (unpaired) electrons. The second-order valence-corrected chi connectivity index (χ2v) is 5.74. The molecule has 0 bridgehead atoms. The van der Waals surface area contributed by atoms with E-state index in [-0.39, 0.29) is 0 Å². The molecular weight excluding hydrogens is 258 g/mol. The maximum atomic E-state index is 6.02. The summed E-state index contributed by atoms with van der Waals surface area (Å²) in [5.41, 5.74) is 10.8. The van der Waals surface area contributed by atoms with Crippen LogP contribution in [-0.2, 0) is 6.54 Å². The molecule has 0 aliphatic carbocycles. The molecule has 0 saturated carbocycles. The zero-order chi connectivity index (χ0) is 14.7. The quantitative estimate of drug-likeness (QED) is 0.878. The van der Waals surface area contributed by atoms with Crippen molar-refractivity contribution < 1.29 is 0 Å². The minimum absolute atomic E-state index is 0.888. The molecule has 2 aromatic carbocycles. The Morgan fingerprint density at radius 1 is 0.905 bits per heavy atom. The first kappa shape index (κ1) is 14.0. The Balaban J connectivity index is 1.61. The minimum Gasteiger partial charge on any atom is -0.398 e. The largest absolute Gasteiger partial charge is 0.398 e. The van der Waals surface area contributed by atoms with Gasteiger partial charge in [-0.15, -0.1) is 0 Å². The summed E-state index contributed by atoms with van der Waals surface area (Å²) in [5, 5.41) is 0. The summed E-state index contributed by atoms with van der Waals surface area (Å²) in [6, 6.07) is 16.9. The Kier molecular flexibility index (Phi) is 4.11. The van der Waals surface area contributed by atoms with Crippen molar-refractivity contribution in [1.29, 1.82) is 0 Å². The maximum absolute atomic E-state index is 6.02. The topological polar surface area (TPSA) is 32.5 Å². The lowest BCUT2D eigenvalue weighted by atomic mass is 10.1. The summed E-state index contributed by atoms with van der Waals surface area (Å²) in [6.45, 7) is 7.49. The van der Waals surface area contributed by atoms with Crippen molar-refractivity contribution >= 4 is 11.4 Å². The van der Waals surface area contributed by atoms with Crippen molar-refractivity contribution in [2.75, 3.05) is 36.8 Å². The predicted molar refractivity (Wildman–Crippen MR) is 89.5 cm³/mol. The van der Waals surface area contributed by atoms with Crippen molar-refractivity contribution in [2.24, 2.45) is 0 Å². The highest BCUT2D eigenvalue weighted by molar-refractivity contribution is 5.64. The second kappa shape index (κ2) is 6.19. The van der Waals surface area contributed by atoms with Crippen LogP contribution in [0.2, 0.25) is 0 Å². The molecule has 110 valence electrons. The molecule has 1 fully saturated rings. The van der Waals surface area contributed by atoms with E-state index < -0.39 is 0 Å². The second-order valence-electron chi connectivity index (χ2n) is 5.74. The van der Waals surface area contributed by atoms with Gasteiger partial charge in [0.05, 0.1) is 0 Å². The van der Waals surface area contributed by atoms with Gasteiger partial charge in [0.25, 0.3) is 0 Å². The number of piperazine rings is 1. The van der Waals surface area contributed by atoms with E-state index in [4.69, 9.17) is 5.73 Å². The molecule has 2 N–H and O–H groups in total. The highest BCUT2D eigenvalue weighted by Crippen LogP contribution is 2.25. The standard InChI is InChI=1S/C18H23N3/c1-15-17(19)8-5-9-18(15)21-12-10-20(11-13-21)14-16-6-3-2-4-7-16/h2-9H,10-14,19H2,1H3. The molecule has 3 rings (SSSR count). The fourth-order valence-corrected chi connectivity index (χ4v) is 2.97. The van der Waals surface area contributed by atoms with E-state index in [1.165, 1.54) is 16.8 Å². The highest BCUT2D eigenvalue weighted by Gasteiger charge is 2.18. The first-order valence-electron chi connectivity index (χ1n) is 7.60. The monoisotopic (exact) mass is 281 g/mol. The van der Waals surface area contributed by atoms with Crippen molar-refractivity contribution in [3.05, 3.63) is 59.7 Å². The number of hydrogen-bond donors (Lipinski definition) is 1. The lowest BCUT2D eigenvalue weighted by Gasteiger charge is -2.37. The summed E-state index contributed by atoms with van der Waals surface area (Å²) in [7, 11) is 0. The first-order valence-corrected chi connectivity index (χ1v) is 7.60. The number of anilines is 2. The molecular formula is C18H23N3. The van der Waals surface area contributed by atoms with Crippen LogP contribution >= 0.6 is 0 Å². The zero-order valence-electron chi connectivity index (χ0n) is 12.6. The predicted octanol–water partition coefficient (Wildman–Crippen LogP) is 2.90. The molecule has 0 aromatic heterocycles. The Morgan fingerprint density at radius 2 is 1.62 bits per heavy atom. The van der Waals surface area contributed by atoms with Crippen LogP contribution in [-0.4, -0.2) is 31.1 Å². The van der Waals surface area contributed by atoms with Gasteiger partial charge in [0.1, 0.15) is 0 Å². The van der Waals surface area contributed by atoms with Crippen LogP contribution in [0.5, 0.6) is 0 Å². The summed E-state index contributed by atoms with van der Waals surface area (Å²) >= 11 is 0. The summed E-state index contributed by atoms with van der Waals surface area (Å²) in [6.07, 6.45) is 0. The first-order chi connectivity index (χ1) is 10.2. The Bertz CT molecular complexity index is 587. The van der Waals surface area contributed by atoms with Crippen LogP contribution in [0.15, 0.2) is 48.5 Å². The van der Waals surface area contributed by atoms with Gasteiger partial charge in [-0.25, -0.2) is 0 Å². The fraction of sp³-hybridized carbons (Fsp3) is 0.333. The molecule has 0 unspecified atom stereocenters. The minimum atomic E-state index is 0.888. The molecule has 3 heteroatoms. The maximum Gasteiger partial charge on any atom is 0.0417 e. The van der Waals surface area contributed by atoms with E-state index in [2.05, 4.69) is 53.1 Å². The van der Waals surface area contributed by atoms with Gasteiger partial charge in [0, 0.05) is 44.1 Å². The van der Waals surface area contributed by atoms with Gasteiger partial charge in [0.15, 0.2) is 0 Å². The van der Waals surface area contributed by atoms with Gasteiger partial charge in [-0.3, -0.25) is 4.90 Å². The Labute approximate surface area is 127 Å². The Hall–Kier alpha value is -2.00. The average molecular weight is 281 g/mol. The smallest absolute Gasteiger partial charge is 0.0417 e. The van der Waals surface area contributed by atoms with Crippen LogP contribution in [0.3, 0.4) is 0 Å². The molecule has 1 aliphatic heterocycles. The molecule has 0 amide bonds. The van der Waals surface area contributed by atoms with E-state index in [0.717, 1.165) is 38.4 Å². The third-order valence-electron chi connectivity index (χ3n) is 4.31. The lowest BCUT2D eigenvalue weighted by molar-refractivity contribution is 0.250. The van der Waals surface area contributed by atoms with E-state index >= 15 is 0 Å². The SMILES string of the molecule is Cc1c(N)cccc1N1CCN(Cc2ccccc2)CC1. The van der Waals surface area contributed by atoms with E-state index in [9.17, 15) is 0 Å². The Morgan fingerprint density at radius 3 is 2.33 bits per heavy atom. The van der Waals surface area contributed by atoms with Gasteiger partial charge in [-0.1, -0.05) is 36.4 Å². The van der Waals surface area contributed by atoms with Crippen molar-refractivity contribution in [1.82, 2.24) is 4.90 Å². The molecule has 1 saturated heterocycles. The average Bonchev–Trinajstić information content (AvgIpc) is 2.52. The van der Waals surface area contributed by atoms with Crippen molar-refractivity contribution in [3.8, 4) is 0 Å². The number of nitrogens with two attached hydrogens (primary N) is 1. The number of benzene rings is 2. The van der Waals surface area contributed by atoms with Gasteiger partial charge in [-0.2, -0.15) is 0 Å². The number of hydrogen-bond acceptors (Lipinski definition) is 3. The van der Waals surface area contributed by atoms with Gasteiger partial charge in [0.2, 0.25) is 0 Å². The number of nitrogens with zero attached hydrogens (tertiary/aromatic N) is 2. The lowest BCUT2D eigenvalue weighted by Crippen LogP contribution is -2.46. The third kappa shape index (κ3) is 3.19.